The van der Waals surface area contributed by atoms with Crippen LogP contribution in [0.4, 0.5) is 0 Å². The van der Waals surface area contributed by atoms with E-state index in [4.69, 9.17) is 0 Å². The summed E-state index contributed by atoms with van der Waals surface area (Å²) in [6.45, 7) is 8.78. The maximum absolute atomic E-state index is 9.52. The normalized spacial score (nSPS) is 30.2. The van der Waals surface area contributed by atoms with Gasteiger partial charge in [-0.05, 0) is 31.7 Å². The third-order valence-corrected chi connectivity index (χ3v) is 2.97. The fourth-order valence-electron chi connectivity index (χ4n) is 2.08. The molecule has 13 heavy (non-hydrogen) atoms. The van der Waals surface area contributed by atoms with Crippen molar-refractivity contribution in [2.24, 2.45) is 5.92 Å². The minimum absolute atomic E-state index is 0.0721. The van der Waals surface area contributed by atoms with Crippen LogP contribution in [0.3, 0.4) is 0 Å². The van der Waals surface area contributed by atoms with Gasteiger partial charge < -0.3 is 5.11 Å². The summed E-state index contributed by atoms with van der Waals surface area (Å²) in [6, 6.07) is 0.633. The van der Waals surface area contributed by atoms with Gasteiger partial charge in [0.15, 0.2) is 0 Å². The SMILES string of the molecule is CCC1CC(O)CN1CCC(C)C. The number of hydrogen-bond donors (Lipinski definition) is 1. The Morgan fingerprint density at radius 1 is 1.46 bits per heavy atom. The summed E-state index contributed by atoms with van der Waals surface area (Å²) in [5.41, 5.74) is 0. The van der Waals surface area contributed by atoms with Crippen molar-refractivity contribution in [2.75, 3.05) is 13.1 Å². The van der Waals surface area contributed by atoms with Crippen molar-refractivity contribution in [3.63, 3.8) is 0 Å². The zero-order chi connectivity index (χ0) is 9.84. The van der Waals surface area contributed by atoms with Crippen LogP contribution in [-0.2, 0) is 0 Å². The molecular weight excluding hydrogens is 162 g/mol. The van der Waals surface area contributed by atoms with Crippen LogP contribution >= 0.6 is 0 Å². The number of rotatable bonds is 4. The van der Waals surface area contributed by atoms with E-state index in [1.165, 1.54) is 12.8 Å². The highest BCUT2D eigenvalue weighted by molar-refractivity contribution is 4.83. The highest BCUT2D eigenvalue weighted by Crippen LogP contribution is 2.21. The first kappa shape index (κ1) is 11.0. The van der Waals surface area contributed by atoms with Crippen molar-refractivity contribution in [1.82, 2.24) is 4.90 Å². The Bertz CT molecular complexity index is 147. The molecule has 1 aliphatic rings. The van der Waals surface area contributed by atoms with Gasteiger partial charge in [-0.3, -0.25) is 4.90 Å². The van der Waals surface area contributed by atoms with Crippen molar-refractivity contribution in [3.05, 3.63) is 0 Å². The second kappa shape index (κ2) is 4.97. The summed E-state index contributed by atoms with van der Waals surface area (Å²) >= 11 is 0. The van der Waals surface area contributed by atoms with Gasteiger partial charge in [-0.25, -0.2) is 0 Å². The molecule has 0 amide bonds. The molecular formula is C11H23NO. The van der Waals surface area contributed by atoms with Crippen molar-refractivity contribution < 1.29 is 5.11 Å². The van der Waals surface area contributed by atoms with Crippen LogP contribution in [0.25, 0.3) is 0 Å². The lowest BCUT2D eigenvalue weighted by atomic mass is 10.1. The summed E-state index contributed by atoms with van der Waals surface area (Å²) in [6.07, 6.45) is 3.34. The van der Waals surface area contributed by atoms with Gasteiger partial charge in [0.1, 0.15) is 0 Å². The first-order valence-corrected chi connectivity index (χ1v) is 5.55. The number of hydrogen-bond acceptors (Lipinski definition) is 2. The van der Waals surface area contributed by atoms with E-state index in [-0.39, 0.29) is 6.10 Å². The molecule has 0 spiro atoms. The average molecular weight is 185 g/mol. The van der Waals surface area contributed by atoms with Crippen molar-refractivity contribution in [3.8, 4) is 0 Å². The van der Waals surface area contributed by atoms with E-state index >= 15 is 0 Å². The molecule has 1 N–H and O–H groups in total. The lowest BCUT2D eigenvalue weighted by molar-refractivity contribution is 0.172. The van der Waals surface area contributed by atoms with Crippen LogP contribution in [0.5, 0.6) is 0 Å². The zero-order valence-electron chi connectivity index (χ0n) is 9.16. The zero-order valence-corrected chi connectivity index (χ0v) is 9.16. The molecule has 1 saturated heterocycles. The second-order valence-corrected chi connectivity index (χ2v) is 4.63. The fraction of sp³-hybridized carbons (Fsp3) is 1.00. The van der Waals surface area contributed by atoms with Crippen molar-refractivity contribution >= 4 is 0 Å². The molecule has 0 aromatic rings. The molecule has 0 aliphatic carbocycles. The summed E-state index contributed by atoms with van der Waals surface area (Å²) in [7, 11) is 0. The lowest BCUT2D eigenvalue weighted by Crippen LogP contribution is -2.31. The molecule has 2 heteroatoms. The number of aliphatic hydroxyl groups is 1. The third kappa shape index (κ3) is 3.28. The van der Waals surface area contributed by atoms with Crippen LogP contribution in [0.1, 0.15) is 40.0 Å². The highest BCUT2D eigenvalue weighted by Gasteiger charge is 2.28. The van der Waals surface area contributed by atoms with Gasteiger partial charge >= 0.3 is 0 Å². The van der Waals surface area contributed by atoms with Gasteiger partial charge in [0, 0.05) is 12.6 Å². The summed E-state index contributed by atoms with van der Waals surface area (Å²) in [5.74, 6) is 0.773. The number of aliphatic hydroxyl groups excluding tert-OH is 1. The summed E-state index contributed by atoms with van der Waals surface area (Å²) in [4.78, 5) is 2.45. The molecule has 2 nitrogen and oxygen atoms in total. The first-order chi connectivity index (χ1) is 6.13. The van der Waals surface area contributed by atoms with Crippen molar-refractivity contribution in [1.29, 1.82) is 0 Å². The van der Waals surface area contributed by atoms with Gasteiger partial charge in [-0.1, -0.05) is 20.8 Å². The average Bonchev–Trinajstić information content (AvgIpc) is 2.42. The van der Waals surface area contributed by atoms with Crippen molar-refractivity contribution in [2.45, 2.75) is 52.2 Å². The van der Waals surface area contributed by atoms with Crippen LogP contribution in [0.2, 0.25) is 0 Å². The number of nitrogens with zero attached hydrogens (tertiary/aromatic N) is 1. The quantitative estimate of drug-likeness (QED) is 0.723. The molecule has 0 aromatic carbocycles. The van der Waals surface area contributed by atoms with E-state index < -0.39 is 0 Å². The summed E-state index contributed by atoms with van der Waals surface area (Å²) in [5, 5.41) is 9.52. The molecule has 1 fully saturated rings. The molecule has 0 aromatic heterocycles. The Morgan fingerprint density at radius 2 is 2.15 bits per heavy atom. The maximum Gasteiger partial charge on any atom is 0.0682 e. The Labute approximate surface area is 81.9 Å². The van der Waals surface area contributed by atoms with E-state index in [0.717, 1.165) is 25.4 Å². The van der Waals surface area contributed by atoms with E-state index in [9.17, 15) is 5.11 Å². The Hall–Kier alpha value is -0.0800. The highest BCUT2D eigenvalue weighted by atomic mass is 16.3. The molecule has 78 valence electrons. The van der Waals surface area contributed by atoms with E-state index in [1.54, 1.807) is 0 Å². The van der Waals surface area contributed by atoms with Gasteiger partial charge in [0.05, 0.1) is 6.10 Å². The lowest BCUT2D eigenvalue weighted by Gasteiger charge is -2.23. The first-order valence-electron chi connectivity index (χ1n) is 5.55. The van der Waals surface area contributed by atoms with Crippen LogP contribution in [0, 0.1) is 5.92 Å². The minimum Gasteiger partial charge on any atom is -0.392 e. The van der Waals surface area contributed by atoms with Gasteiger partial charge in [-0.15, -0.1) is 0 Å². The predicted octanol–water partition coefficient (Wildman–Crippen LogP) is 1.88. The van der Waals surface area contributed by atoms with E-state index in [1.807, 2.05) is 0 Å². The molecule has 0 bridgehead atoms. The van der Waals surface area contributed by atoms with Gasteiger partial charge in [0.2, 0.25) is 0 Å². The number of β-amino-alcohol motifs (C(OH)–C–C–N with tert-alkyl or cyclic N) is 1. The molecule has 0 radical (unpaired) electrons. The second-order valence-electron chi connectivity index (χ2n) is 4.63. The monoisotopic (exact) mass is 185 g/mol. The maximum atomic E-state index is 9.52. The standard InChI is InChI=1S/C11H23NO/c1-4-10-7-11(13)8-12(10)6-5-9(2)3/h9-11,13H,4-8H2,1-3H3. The smallest absolute Gasteiger partial charge is 0.0682 e. The van der Waals surface area contributed by atoms with Gasteiger partial charge in [0.25, 0.3) is 0 Å². The van der Waals surface area contributed by atoms with E-state index in [0.29, 0.717) is 6.04 Å². The van der Waals surface area contributed by atoms with Gasteiger partial charge in [-0.2, -0.15) is 0 Å². The van der Waals surface area contributed by atoms with E-state index in [2.05, 4.69) is 25.7 Å². The number of likely N-dealkylation sites (tertiary alicyclic amines) is 1. The molecule has 1 rings (SSSR count). The summed E-state index contributed by atoms with van der Waals surface area (Å²) < 4.78 is 0. The minimum atomic E-state index is -0.0721. The van der Waals surface area contributed by atoms with Crippen LogP contribution in [0.15, 0.2) is 0 Å². The largest absolute Gasteiger partial charge is 0.392 e. The fourth-order valence-corrected chi connectivity index (χ4v) is 2.08. The van der Waals surface area contributed by atoms with Crippen LogP contribution < -0.4 is 0 Å². The molecule has 1 heterocycles. The van der Waals surface area contributed by atoms with Crippen LogP contribution in [-0.4, -0.2) is 35.2 Å². The molecule has 1 aliphatic heterocycles. The Morgan fingerprint density at radius 3 is 2.69 bits per heavy atom. The predicted molar refractivity (Wildman–Crippen MR) is 55.7 cm³/mol. The molecule has 2 unspecified atom stereocenters. The Balaban J connectivity index is 2.31. The third-order valence-electron chi connectivity index (χ3n) is 2.97. The topological polar surface area (TPSA) is 23.5 Å². The molecule has 2 atom stereocenters. The molecule has 0 saturated carbocycles. The Kier molecular flexibility index (Phi) is 4.20.